The zero-order valence-corrected chi connectivity index (χ0v) is 10.6. The van der Waals surface area contributed by atoms with Crippen molar-refractivity contribution in [3.05, 3.63) is 29.8 Å². The summed E-state index contributed by atoms with van der Waals surface area (Å²) in [7, 11) is -3.48. The number of sulfonamides is 1. The van der Waals surface area contributed by atoms with Crippen LogP contribution in [-0.4, -0.2) is 24.7 Å². The highest BCUT2D eigenvalue weighted by Gasteiger charge is 2.29. The third-order valence-corrected chi connectivity index (χ3v) is 5.00. The van der Waals surface area contributed by atoms with Gasteiger partial charge in [-0.05, 0) is 25.0 Å². The first-order chi connectivity index (χ1) is 8.50. The Morgan fingerprint density at radius 1 is 1.22 bits per heavy atom. The first kappa shape index (κ1) is 12.9. The Kier molecular flexibility index (Phi) is 3.56. The summed E-state index contributed by atoms with van der Waals surface area (Å²) >= 11 is 0. The van der Waals surface area contributed by atoms with Crippen molar-refractivity contribution in [1.82, 2.24) is 0 Å². The minimum absolute atomic E-state index is 0.0286. The Morgan fingerprint density at radius 3 is 2.44 bits per heavy atom. The van der Waals surface area contributed by atoms with Gasteiger partial charge in [0, 0.05) is 0 Å². The van der Waals surface area contributed by atoms with Gasteiger partial charge in [-0.2, -0.15) is 0 Å². The molecule has 1 fully saturated rings. The Labute approximate surface area is 106 Å². The van der Waals surface area contributed by atoms with E-state index in [1.165, 1.54) is 12.1 Å². The summed E-state index contributed by atoms with van der Waals surface area (Å²) in [4.78, 5) is 11.0. The lowest BCUT2D eigenvalue weighted by molar-refractivity contribution is 0.0698. The number of carboxylic acid groups (broad SMARTS) is 1. The number of carbonyl (C=O) groups is 1. The predicted molar refractivity (Wildman–Crippen MR) is 68.2 cm³/mol. The SMILES string of the molecule is O=C(O)c1ccccc1NS(=O)(=O)C1CCCC1. The van der Waals surface area contributed by atoms with Crippen LogP contribution in [0, 0.1) is 0 Å². The molecule has 2 N–H and O–H groups in total. The van der Waals surface area contributed by atoms with Crippen LogP contribution in [0.5, 0.6) is 0 Å². The Balaban J connectivity index is 2.26. The molecule has 2 rings (SSSR count). The summed E-state index contributed by atoms with van der Waals surface area (Å²) in [5, 5.41) is 8.59. The normalized spacial score (nSPS) is 16.7. The van der Waals surface area contributed by atoms with Gasteiger partial charge >= 0.3 is 5.97 Å². The molecule has 0 aliphatic heterocycles. The van der Waals surface area contributed by atoms with E-state index in [4.69, 9.17) is 5.11 Å². The average Bonchev–Trinajstić information content (AvgIpc) is 2.83. The third kappa shape index (κ3) is 2.64. The van der Waals surface area contributed by atoms with Crippen molar-refractivity contribution in [2.75, 3.05) is 4.72 Å². The summed E-state index contributed by atoms with van der Waals surface area (Å²) < 4.78 is 26.5. The topological polar surface area (TPSA) is 83.5 Å². The van der Waals surface area contributed by atoms with Gasteiger partial charge in [-0.25, -0.2) is 13.2 Å². The van der Waals surface area contributed by atoms with Gasteiger partial charge in [0.05, 0.1) is 16.5 Å². The molecular formula is C12H15NO4S. The minimum atomic E-state index is -3.48. The number of hydrogen-bond donors (Lipinski definition) is 2. The summed E-state index contributed by atoms with van der Waals surface area (Å²) in [6.07, 6.45) is 3.10. The van der Waals surface area contributed by atoms with Crippen LogP contribution in [0.3, 0.4) is 0 Å². The summed E-state index contributed by atoms with van der Waals surface area (Å²) in [5.41, 5.74) is 0.107. The van der Waals surface area contributed by atoms with Crippen molar-refractivity contribution in [2.24, 2.45) is 0 Å². The van der Waals surface area contributed by atoms with E-state index in [1.54, 1.807) is 12.1 Å². The van der Waals surface area contributed by atoms with Gasteiger partial charge in [0.25, 0.3) is 0 Å². The number of anilines is 1. The largest absolute Gasteiger partial charge is 0.478 e. The molecule has 98 valence electrons. The summed E-state index contributed by atoms with van der Waals surface area (Å²) in [6, 6.07) is 6.03. The van der Waals surface area contributed by atoms with Crippen LogP contribution in [0.15, 0.2) is 24.3 Å². The summed E-state index contributed by atoms with van der Waals surface area (Å²) in [6.45, 7) is 0. The quantitative estimate of drug-likeness (QED) is 0.876. The van der Waals surface area contributed by atoms with Crippen LogP contribution >= 0.6 is 0 Å². The third-order valence-electron chi connectivity index (χ3n) is 3.15. The van der Waals surface area contributed by atoms with Crippen molar-refractivity contribution in [3.8, 4) is 0 Å². The smallest absolute Gasteiger partial charge is 0.337 e. The molecular weight excluding hydrogens is 254 g/mol. The standard InChI is InChI=1S/C12H15NO4S/c14-12(15)10-7-3-4-8-11(10)13-18(16,17)9-5-1-2-6-9/h3-4,7-9,13H,1-2,5-6H2,(H,14,15). The fourth-order valence-corrected chi connectivity index (χ4v) is 3.80. The fraction of sp³-hybridized carbons (Fsp3) is 0.417. The van der Waals surface area contributed by atoms with E-state index in [-0.39, 0.29) is 11.3 Å². The molecule has 6 heteroatoms. The fourth-order valence-electron chi connectivity index (χ4n) is 2.19. The van der Waals surface area contributed by atoms with E-state index in [1.807, 2.05) is 0 Å². The summed E-state index contributed by atoms with van der Waals surface area (Å²) in [5.74, 6) is -1.14. The molecule has 0 unspecified atom stereocenters. The highest BCUT2D eigenvalue weighted by atomic mass is 32.2. The van der Waals surface area contributed by atoms with Crippen LogP contribution in [0.25, 0.3) is 0 Å². The zero-order chi connectivity index (χ0) is 13.2. The molecule has 1 saturated carbocycles. The number of nitrogens with one attached hydrogen (secondary N) is 1. The molecule has 0 spiro atoms. The number of aromatic carboxylic acids is 1. The second-order valence-electron chi connectivity index (χ2n) is 4.40. The molecule has 1 aliphatic carbocycles. The zero-order valence-electron chi connectivity index (χ0n) is 9.80. The highest BCUT2D eigenvalue weighted by molar-refractivity contribution is 7.93. The van der Waals surface area contributed by atoms with Gasteiger partial charge in [0.2, 0.25) is 10.0 Å². The van der Waals surface area contributed by atoms with E-state index in [9.17, 15) is 13.2 Å². The molecule has 0 amide bonds. The van der Waals surface area contributed by atoms with Crippen molar-refractivity contribution in [3.63, 3.8) is 0 Å². The van der Waals surface area contributed by atoms with Crippen LogP contribution < -0.4 is 4.72 Å². The maximum atomic E-state index is 12.1. The van der Waals surface area contributed by atoms with Crippen molar-refractivity contribution < 1.29 is 18.3 Å². The van der Waals surface area contributed by atoms with Gasteiger partial charge in [-0.15, -0.1) is 0 Å². The molecule has 0 aromatic heterocycles. The van der Waals surface area contributed by atoms with E-state index >= 15 is 0 Å². The van der Waals surface area contributed by atoms with E-state index in [2.05, 4.69) is 4.72 Å². The van der Waals surface area contributed by atoms with E-state index < -0.39 is 21.2 Å². The molecule has 0 saturated heterocycles. The number of para-hydroxylation sites is 1. The molecule has 1 aliphatic rings. The van der Waals surface area contributed by atoms with Gasteiger partial charge < -0.3 is 5.11 Å². The Bertz CT molecular complexity index is 547. The molecule has 0 heterocycles. The second kappa shape index (κ2) is 4.97. The monoisotopic (exact) mass is 269 g/mol. The molecule has 1 aromatic rings. The van der Waals surface area contributed by atoms with Crippen molar-refractivity contribution in [1.29, 1.82) is 0 Å². The number of benzene rings is 1. The maximum Gasteiger partial charge on any atom is 0.337 e. The van der Waals surface area contributed by atoms with Crippen LogP contribution in [0.4, 0.5) is 5.69 Å². The van der Waals surface area contributed by atoms with E-state index in [0.717, 1.165) is 12.8 Å². The van der Waals surface area contributed by atoms with Gasteiger partial charge in [0.1, 0.15) is 0 Å². The molecule has 0 radical (unpaired) electrons. The molecule has 1 aromatic carbocycles. The first-order valence-corrected chi connectivity index (χ1v) is 7.39. The first-order valence-electron chi connectivity index (χ1n) is 5.84. The van der Waals surface area contributed by atoms with Gasteiger partial charge in [0.15, 0.2) is 0 Å². The van der Waals surface area contributed by atoms with Gasteiger partial charge in [-0.1, -0.05) is 25.0 Å². The lowest BCUT2D eigenvalue weighted by Gasteiger charge is -2.14. The molecule has 0 atom stereocenters. The Hall–Kier alpha value is -1.56. The van der Waals surface area contributed by atoms with Gasteiger partial charge in [-0.3, -0.25) is 4.72 Å². The lowest BCUT2D eigenvalue weighted by Crippen LogP contribution is -2.26. The lowest BCUT2D eigenvalue weighted by atomic mass is 10.2. The van der Waals surface area contributed by atoms with Crippen molar-refractivity contribution >= 4 is 21.7 Å². The van der Waals surface area contributed by atoms with E-state index in [0.29, 0.717) is 12.8 Å². The second-order valence-corrected chi connectivity index (χ2v) is 6.37. The average molecular weight is 269 g/mol. The number of rotatable bonds is 4. The van der Waals surface area contributed by atoms with Crippen LogP contribution in [-0.2, 0) is 10.0 Å². The Morgan fingerprint density at radius 2 is 1.83 bits per heavy atom. The van der Waals surface area contributed by atoms with Crippen molar-refractivity contribution in [2.45, 2.75) is 30.9 Å². The van der Waals surface area contributed by atoms with Crippen LogP contribution in [0.1, 0.15) is 36.0 Å². The number of hydrogen-bond acceptors (Lipinski definition) is 3. The predicted octanol–water partition coefficient (Wildman–Crippen LogP) is 2.07. The number of carboxylic acids is 1. The van der Waals surface area contributed by atoms with Crippen LogP contribution in [0.2, 0.25) is 0 Å². The molecule has 5 nitrogen and oxygen atoms in total. The highest BCUT2D eigenvalue weighted by Crippen LogP contribution is 2.27. The maximum absolute atomic E-state index is 12.1. The molecule has 18 heavy (non-hydrogen) atoms. The minimum Gasteiger partial charge on any atom is -0.478 e. The molecule has 0 bridgehead atoms.